The van der Waals surface area contributed by atoms with Crippen molar-refractivity contribution >= 4 is 5.69 Å². The number of hydrogen-bond acceptors (Lipinski definition) is 2. The van der Waals surface area contributed by atoms with E-state index in [-0.39, 0.29) is 6.17 Å². The van der Waals surface area contributed by atoms with Gasteiger partial charge < -0.3 is 9.80 Å². The number of benzene rings is 3. The standard InChI is InChI=1S/C28H28N2/c1-19-11-8-9-16-24(19)29-22(4)25-17-18-26(23-14-6-5-7-15-23)30(25)28(29)27-20(2)12-10-13-21(27)3/h5-18,26,28H,1-4H3/i26D. The lowest BCUT2D eigenvalue weighted by Gasteiger charge is -2.39. The summed E-state index contributed by atoms with van der Waals surface area (Å²) in [5.41, 5.74) is 9.49. The zero-order valence-corrected chi connectivity index (χ0v) is 18.1. The average molecular weight is 394 g/mol. The van der Waals surface area contributed by atoms with Gasteiger partial charge in [0.2, 0.25) is 0 Å². The Labute approximate surface area is 181 Å². The van der Waals surface area contributed by atoms with E-state index in [9.17, 15) is 1.37 Å². The van der Waals surface area contributed by atoms with E-state index in [1.165, 1.54) is 33.6 Å². The van der Waals surface area contributed by atoms with Gasteiger partial charge in [0, 0.05) is 16.9 Å². The summed E-state index contributed by atoms with van der Waals surface area (Å²) in [5, 5.41) is 0. The Morgan fingerprint density at radius 3 is 2.07 bits per heavy atom. The first-order valence-electron chi connectivity index (χ1n) is 11.1. The lowest BCUT2D eigenvalue weighted by Crippen LogP contribution is -2.35. The molecule has 2 atom stereocenters. The highest BCUT2D eigenvalue weighted by atomic mass is 15.4. The summed E-state index contributed by atoms with van der Waals surface area (Å²) < 4.78 is 9.64. The van der Waals surface area contributed by atoms with Crippen LogP contribution >= 0.6 is 0 Å². The molecule has 0 amide bonds. The van der Waals surface area contributed by atoms with Crippen LogP contribution in [0.25, 0.3) is 0 Å². The summed E-state index contributed by atoms with van der Waals surface area (Å²) in [7, 11) is 0. The summed E-state index contributed by atoms with van der Waals surface area (Å²) in [4.78, 5) is 4.72. The minimum Gasteiger partial charge on any atom is -0.335 e. The van der Waals surface area contributed by atoms with Crippen molar-refractivity contribution in [1.82, 2.24) is 4.90 Å². The van der Waals surface area contributed by atoms with Crippen molar-refractivity contribution in [3.63, 3.8) is 0 Å². The fourth-order valence-corrected chi connectivity index (χ4v) is 4.91. The van der Waals surface area contributed by atoms with E-state index in [1.54, 1.807) is 0 Å². The molecule has 2 heteroatoms. The minimum absolute atomic E-state index is 0.0926. The van der Waals surface area contributed by atoms with Crippen LogP contribution in [0, 0.1) is 20.8 Å². The molecule has 0 spiro atoms. The number of aryl methyl sites for hydroxylation is 3. The lowest BCUT2D eigenvalue weighted by molar-refractivity contribution is 0.258. The highest BCUT2D eigenvalue weighted by Crippen LogP contribution is 2.52. The molecule has 150 valence electrons. The maximum absolute atomic E-state index is 9.64. The van der Waals surface area contributed by atoms with Gasteiger partial charge in [-0.25, -0.2) is 0 Å². The second-order valence-corrected chi connectivity index (χ2v) is 8.26. The molecule has 2 unspecified atom stereocenters. The van der Waals surface area contributed by atoms with Crippen LogP contribution in [0.5, 0.6) is 0 Å². The summed E-state index contributed by atoms with van der Waals surface area (Å²) in [5.74, 6) is 0. The van der Waals surface area contributed by atoms with Gasteiger partial charge in [-0.3, -0.25) is 0 Å². The summed E-state index contributed by atoms with van der Waals surface area (Å²) >= 11 is 0. The van der Waals surface area contributed by atoms with E-state index in [0.29, 0.717) is 0 Å². The Morgan fingerprint density at radius 2 is 1.37 bits per heavy atom. The number of para-hydroxylation sites is 1. The van der Waals surface area contributed by atoms with E-state index in [4.69, 9.17) is 0 Å². The highest BCUT2D eigenvalue weighted by Gasteiger charge is 2.44. The average Bonchev–Trinajstić information content (AvgIpc) is 3.26. The maximum Gasteiger partial charge on any atom is 0.134 e. The van der Waals surface area contributed by atoms with Gasteiger partial charge in [-0.2, -0.15) is 0 Å². The molecule has 0 radical (unpaired) electrons. The summed E-state index contributed by atoms with van der Waals surface area (Å²) in [6.07, 6.45) is 4.08. The molecule has 2 aliphatic rings. The molecule has 0 saturated heterocycles. The van der Waals surface area contributed by atoms with E-state index in [0.717, 1.165) is 11.3 Å². The lowest BCUT2D eigenvalue weighted by atomic mass is 9.96. The molecule has 3 aromatic carbocycles. The molecule has 2 aliphatic heterocycles. The van der Waals surface area contributed by atoms with Gasteiger partial charge in [0.25, 0.3) is 0 Å². The molecule has 2 nitrogen and oxygen atoms in total. The number of rotatable bonds is 3. The zero-order valence-electron chi connectivity index (χ0n) is 19.1. The van der Waals surface area contributed by atoms with Crippen molar-refractivity contribution in [3.05, 3.63) is 124 Å². The molecule has 0 bridgehead atoms. The largest absolute Gasteiger partial charge is 0.335 e. The molecule has 0 aliphatic carbocycles. The smallest absolute Gasteiger partial charge is 0.134 e. The summed E-state index contributed by atoms with van der Waals surface area (Å²) in [6, 6.07) is 24.3. The topological polar surface area (TPSA) is 6.48 Å². The number of nitrogens with zero attached hydrogens (tertiary/aromatic N) is 2. The Kier molecular flexibility index (Phi) is 4.23. The first-order valence-corrected chi connectivity index (χ1v) is 10.6. The van der Waals surface area contributed by atoms with Crippen molar-refractivity contribution in [2.75, 3.05) is 4.90 Å². The predicted octanol–water partition coefficient (Wildman–Crippen LogP) is 6.98. The number of allylic oxidation sites excluding steroid dienone is 2. The van der Waals surface area contributed by atoms with Gasteiger partial charge >= 0.3 is 0 Å². The monoisotopic (exact) mass is 393 g/mol. The van der Waals surface area contributed by atoms with Gasteiger partial charge in [-0.1, -0.05) is 72.8 Å². The molecule has 0 fully saturated rings. The SMILES string of the molecule is [2H]C1(c2ccccc2)C=CC2=C(C)N(c3ccccc3C)C(c3c(C)cccc3C)N21. The van der Waals surface area contributed by atoms with Gasteiger partial charge in [-0.05, 0) is 62.1 Å². The molecule has 5 rings (SSSR count). The van der Waals surface area contributed by atoms with E-state index in [2.05, 4.69) is 98.2 Å². The van der Waals surface area contributed by atoms with Crippen LogP contribution in [-0.4, -0.2) is 4.90 Å². The van der Waals surface area contributed by atoms with Crippen molar-refractivity contribution < 1.29 is 1.37 Å². The van der Waals surface area contributed by atoms with Crippen LogP contribution in [0.15, 0.2) is 96.3 Å². The Balaban J connectivity index is 1.78. The molecule has 3 aromatic rings. The van der Waals surface area contributed by atoms with Crippen molar-refractivity contribution in [2.24, 2.45) is 0 Å². The third-order valence-corrected chi connectivity index (χ3v) is 6.38. The van der Waals surface area contributed by atoms with Crippen LogP contribution < -0.4 is 4.90 Å². The van der Waals surface area contributed by atoms with Crippen molar-refractivity contribution in [1.29, 1.82) is 0 Å². The van der Waals surface area contributed by atoms with Gasteiger partial charge in [0.1, 0.15) is 6.17 Å². The van der Waals surface area contributed by atoms with Crippen LogP contribution in [0.2, 0.25) is 0 Å². The van der Waals surface area contributed by atoms with Gasteiger partial charge in [0.15, 0.2) is 0 Å². The van der Waals surface area contributed by atoms with Crippen LogP contribution in [-0.2, 0) is 0 Å². The number of anilines is 1. The molecular weight excluding hydrogens is 364 g/mol. The summed E-state index contributed by atoms with van der Waals surface area (Å²) in [6.45, 7) is 8.72. The van der Waals surface area contributed by atoms with Gasteiger partial charge in [0.05, 0.1) is 13.1 Å². The highest BCUT2D eigenvalue weighted by molar-refractivity contribution is 5.65. The molecule has 0 aromatic heterocycles. The molecular formula is C28H28N2. The van der Waals surface area contributed by atoms with Crippen LogP contribution in [0.1, 0.15) is 48.3 Å². The minimum atomic E-state index is -0.964. The number of hydrogen-bond donors (Lipinski definition) is 0. The Morgan fingerprint density at radius 1 is 0.733 bits per heavy atom. The third kappa shape index (κ3) is 2.79. The van der Waals surface area contributed by atoms with Crippen LogP contribution in [0.3, 0.4) is 0 Å². The van der Waals surface area contributed by atoms with E-state index < -0.39 is 6.02 Å². The molecule has 0 N–H and O–H groups in total. The third-order valence-electron chi connectivity index (χ3n) is 6.38. The first-order chi connectivity index (χ1) is 14.9. The maximum atomic E-state index is 9.64. The molecule has 2 heterocycles. The normalized spacial score (nSPS) is 23.2. The zero-order chi connectivity index (χ0) is 21.8. The van der Waals surface area contributed by atoms with Crippen molar-refractivity contribution in [2.45, 2.75) is 39.9 Å². The first kappa shape index (κ1) is 17.6. The second kappa shape index (κ2) is 7.21. The fourth-order valence-electron chi connectivity index (χ4n) is 4.91. The molecule has 30 heavy (non-hydrogen) atoms. The predicted molar refractivity (Wildman–Crippen MR) is 125 cm³/mol. The van der Waals surface area contributed by atoms with Gasteiger partial charge in [-0.15, -0.1) is 0 Å². The number of fused-ring (bicyclic) bond motifs is 1. The Bertz CT molecular complexity index is 1190. The van der Waals surface area contributed by atoms with Crippen molar-refractivity contribution in [3.8, 4) is 0 Å². The van der Waals surface area contributed by atoms with E-state index >= 15 is 0 Å². The molecule has 0 saturated carbocycles. The van der Waals surface area contributed by atoms with E-state index in [1.807, 2.05) is 24.3 Å². The van der Waals surface area contributed by atoms with Crippen LogP contribution in [0.4, 0.5) is 5.69 Å². The quantitative estimate of drug-likeness (QED) is 0.474. The Hall–Kier alpha value is -3.26. The fraction of sp³-hybridized carbons (Fsp3) is 0.214. The second-order valence-electron chi connectivity index (χ2n) is 8.26.